The standard InChI is InChI=1S/C3H4INS/c4-3-1-2-5-6-3/h1,5H,2H2. The van der Waals surface area contributed by atoms with Gasteiger partial charge in [0.15, 0.2) is 0 Å². The Morgan fingerprint density at radius 2 is 2.83 bits per heavy atom. The highest BCUT2D eigenvalue weighted by Crippen LogP contribution is 2.22. The summed E-state index contributed by atoms with van der Waals surface area (Å²) in [7, 11) is 0. The monoisotopic (exact) mass is 213 g/mol. The van der Waals surface area contributed by atoms with Crippen molar-refractivity contribution in [3.8, 4) is 0 Å². The fraction of sp³-hybridized carbons (Fsp3) is 0.333. The molecule has 0 amide bonds. The lowest BCUT2D eigenvalue weighted by atomic mass is 10.7. The van der Waals surface area contributed by atoms with Crippen LogP contribution in [0.5, 0.6) is 0 Å². The van der Waals surface area contributed by atoms with Crippen LogP contribution in [0.25, 0.3) is 0 Å². The Hall–Kier alpha value is 0.780. The van der Waals surface area contributed by atoms with Gasteiger partial charge < -0.3 is 0 Å². The highest BCUT2D eigenvalue weighted by Gasteiger charge is 1.96. The predicted molar refractivity (Wildman–Crippen MR) is 37.7 cm³/mol. The van der Waals surface area contributed by atoms with E-state index in [0.717, 1.165) is 6.54 Å². The molecule has 34 valence electrons. The third-order valence-corrected chi connectivity index (χ3v) is 2.29. The molecule has 1 heterocycles. The van der Waals surface area contributed by atoms with Crippen LogP contribution in [0.2, 0.25) is 0 Å². The van der Waals surface area contributed by atoms with Gasteiger partial charge in [-0.1, -0.05) is 0 Å². The molecule has 1 N–H and O–H groups in total. The molecule has 6 heavy (non-hydrogen) atoms. The third kappa shape index (κ3) is 1.13. The molecule has 1 rings (SSSR count). The Labute approximate surface area is 54.8 Å². The van der Waals surface area contributed by atoms with Crippen molar-refractivity contribution in [3.05, 3.63) is 8.99 Å². The molecule has 0 aromatic heterocycles. The Morgan fingerprint density at radius 1 is 2.00 bits per heavy atom. The summed E-state index contributed by atoms with van der Waals surface area (Å²) in [5, 5.41) is 0. The minimum absolute atomic E-state index is 1.03. The largest absolute Gasteiger partial charge is 0.256 e. The Morgan fingerprint density at radius 3 is 3.00 bits per heavy atom. The maximum atomic E-state index is 3.09. The van der Waals surface area contributed by atoms with Gasteiger partial charge in [-0.2, -0.15) is 0 Å². The van der Waals surface area contributed by atoms with Gasteiger partial charge in [0.05, 0.1) is 2.91 Å². The molecule has 0 bridgehead atoms. The van der Waals surface area contributed by atoms with E-state index in [0.29, 0.717) is 0 Å². The molecule has 0 fully saturated rings. The van der Waals surface area contributed by atoms with E-state index in [2.05, 4.69) is 33.4 Å². The van der Waals surface area contributed by atoms with E-state index >= 15 is 0 Å². The third-order valence-electron chi connectivity index (χ3n) is 0.516. The van der Waals surface area contributed by atoms with E-state index in [9.17, 15) is 0 Å². The summed E-state index contributed by atoms with van der Waals surface area (Å²) >= 11 is 3.99. The van der Waals surface area contributed by atoms with Gasteiger partial charge in [0.2, 0.25) is 0 Å². The Kier molecular flexibility index (Phi) is 1.79. The molecule has 0 aromatic carbocycles. The van der Waals surface area contributed by atoms with Gasteiger partial charge in [-0.15, -0.1) is 0 Å². The molecular weight excluding hydrogens is 209 g/mol. The molecule has 3 heteroatoms. The van der Waals surface area contributed by atoms with Crippen LogP contribution in [0.3, 0.4) is 0 Å². The summed E-state index contributed by atoms with van der Waals surface area (Å²) in [5.41, 5.74) is 0. The quantitative estimate of drug-likeness (QED) is 0.483. The zero-order chi connectivity index (χ0) is 4.41. The normalized spacial score (nSPS) is 21.2. The van der Waals surface area contributed by atoms with Crippen LogP contribution in [0.1, 0.15) is 0 Å². The molecular formula is C3H4INS. The van der Waals surface area contributed by atoms with Gasteiger partial charge in [0.25, 0.3) is 0 Å². The minimum Gasteiger partial charge on any atom is -0.256 e. The summed E-state index contributed by atoms with van der Waals surface area (Å²) in [6.45, 7) is 1.03. The highest BCUT2D eigenvalue weighted by atomic mass is 127. The first-order valence-corrected chi connectivity index (χ1v) is 3.54. The van der Waals surface area contributed by atoms with Crippen molar-refractivity contribution in [3.63, 3.8) is 0 Å². The van der Waals surface area contributed by atoms with Crippen LogP contribution in [0, 0.1) is 0 Å². The predicted octanol–water partition coefficient (Wildman–Crippen LogP) is 1.51. The zero-order valence-corrected chi connectivity index (χ0v) is 6.04. The number of hydrogen-bond acceptors (Lipinski definition) is 2. The van der Waals surface area contributed by atoms with Crippen molar-refractivity contribution in [1.82, 2.24) is 4.72 Å². The van der Waals surface area contributed by atoms with E-state index in [-0.39, 0.29) is 0 Å². The van der Waals surface area contributed by atoms with Gasteiger partial charge in [0.1, 0.15) is 0 Å². The first kappa shape index (κ1) is 4.93. The maximum absolute atomic E-state index is 3.09. The minimum atomic E-state index is 1.03. The van der Waals surface area contributed by atoms with Crippen LogP contribution < -0.4 is 4.72 Å². The average molecular weight is 213 g/mol. The molecule has 1 aliphatic heterocycles. The molecule has 0 aliphatic carbocycles. The molecule has 0 unspecified atom stereocenters. The SMILES string of the molecule is IC1=CCNS1. The maximum Gasteiger partial charge on any atom is 0.0585 e. The van der Waals surface area contributed by atoms with E-state index in [1.165, 1.54) is 2.91 Å². The lowest BCUT2D eigenvalue weighted by molar-refractivity contribution is 1.16. The fourth-order valence-electron chi connectivity index (χ4n) is 0.274. The number of rotatable bonds is 0. The lowest BCUT2D eigenvalue weighted by Crippen LogP contribution is -1.92. The van der Waals surface area contributed by atoms with Crippen LogP contribution in [0.4, 0.5) is 0 Å². The average Bonchev–Trinajstić information content (AvgIpc) is 1.86. The van der Waals surface area contributed by atoms with Gasteiger partial charge in [-0.3, -0.25) is 4.72 Å². The second kappa shape index (κ2) is 2.18. The molecule has 0 aromatic rings. The van der Waals surface area contributed by atoms with Crippen molar-refractivity contribution in [1.29, 1.82) is 0 Å². The van der Waals surface area contributed by atoms with Crippen molar-refractivity contribution in [2.75, 3.05) is 6.54 Å². The molecule has 0 radical (unpaired) electrons. The summed E-state index contributed by atoms with van der Waals surface area (Å²) in [4.78, 5) is 0. The summed E-state index contributed by atoms with van der Waals surface area (Å²) in [6.07, 6.45) is 2.16. The lowest BCUT2D eigenvalue weighted by Gasteiger charge is -1.80. The van der Waals surface area contributed by atoms with E-state index in [1.54, 1.807) is 11.9 Å². The van der Waals surface area contributed by atoms with Gasteiger partial charge in [0, 0.05) is 6.54 Å². The fourth-order valence-corrected chi connectivity index (χ4v) is 1.43. The molecule has 1 nitrogen and oxygen atoms in total. The molecule has 0 saturated heterocycles. The van der Waals surface area contributed by atoms with Gasteiger partial charge in [-0.05, 0) is 40.6 Å². The first-order chi connectivity index (χ1) is 2.89. The summed E-state index contributed by atoms with van der Waals surface area (Å²) in [5.74, 6) is 0. The molecule has 0 spiro atoms. The molecule has 0 saturated carbocycles. The number of nitrogens with one attached hydrogen (secondary N) is 1. The van der Waals surface area contributed by atoms with Gasteiger partial charge in [-0.25, -0.2) is 0 Å². The van der Waals surface area contributed by atoms with Crippen molar-refractivity contribution < 1.29 is 0 Å². The second-order valence-electron chi connectivity index (χ2n) is 0.959. The van der Waals surface area contributed by atoms with Crippen LogP contribution in [-0.2, 0) is 0 Å². The van der Waals surface area contributed by atoms with E-state index < -0.39 is 0 Å². The summed E-state index contributed by atoms with van der Waals surface area (Å²) < 4.78 is 4.44. The Bertz CT molecular complexity index is 80.9. The van der Waals surface area contributed by atoms with Crippen LogP contribution in [-0.4, -0.2) is 6.54 Å². The van der Waals surface area contributed by atoms with Crippen LogP contribution in [0.15, 0.2) is 8.99 Å². The highest BCUT2D eigenvalue weighted by molar-refractivity contribution is 14.1. The molecule has 1 aliphatic rings. The van der Waals surface area contributed by atoms with Crippen LogP contribution >= 0.6 is 34.5 Å². The van der Waals surface area contributed by atoms with E-state index in [4.69, 9.17) is 0 Å². The first-order valence-electron chi connectivity index (χ1n) is 1.65. The second-order valence-corrected chi connectivity index (χ2v) is 3.79. The van der Waals surface area contributed by atoms with Gasteiger partial charge >= 0.3 is 0 Å². The smallest absolute Gasteiger partial charge is 0.0585 e. The Balaban J connectivity index is 2.45. The summed E-state index contributed by atoms with van der Waals surface area (Å²) in [6, 6.07) is 0. The topological polar surface area (TPSA) is 12.0 Å². The number of halogens is 1. The molecule has 0 atom stereocenters. The van der Waals surface area contributed by atoms with Crippen molar-refractivity contribution in [2.45, 2.75) is 0 Å². The van der Waals surface area contributed by atoms with Crippen molar-refractivity contribution >= 4 is 34.5 Å². The zero-order valence-electron chi connectivity index (χ0n) is 3.07. The number of hydrogen-bond donors (Lipinski definition) is 1. The van der Waals surface area contributed by atoms with E-state index in [1.807, 2.05) is 0 Å². The van der Waals surface area contributed by atoms with Crippen molar-refractivity contribution in [2.24, 2.45) is 0 Å².